The summed E-state index contributed by atoms with van der Waals surface area (Å²) in [6.07, 6.45) is 1.20. The van der Waals surface area contributed by atoms with Crippen LogP contribution in [0.3, 0.4) is 0 Å². The Bertz CT molecular complexity index is 445. The summed E-state index contributed by atoms with van der Waals surface area (Å²) < 4.78 is 22.6. The number of hydrogen-bond donors (Lipinski definition) is 3. The van der Waals surface area contributed by atoms with Crippen LogP contribution in [0.15, 0.2) is 29.2 Å². The summed E-state index contributed by atoms with van der Waals surface area (Å²) >= 11 is 0. The molecule has 6 N–H and O–H groups in total. The van der Waals surface area contributed by atoms with Crippen LogP contribution in [0.2, 0.25) is 0 Å². The fourth-order valence-corrected chi connectivity index (χ4v) is 2.25. The van der Waals surface area contributed by atoms with Gasteiger partial charge in [0.1, 0.15) is 0 Å². The number of aryl methyl sites for hydroxylation is 1. The molecule has 6 heteroatoms. The Morgan fingerprint density at radius 3 is 2.44 bits per heavy atom. The summed E-state index contributed by atoms with van der Waals surface area (Å²) in [6.45, 7) is 0.386. The Morgan fingerprint density at radius 2 is 1.88 bits per heavy atom. The molecule has 1 aromatic rings. The van der Waals surface area contributed by atoms with Crippen molar-refractivity contribution in [3.63, 3.8) is 0 Å². The van der Waals surface area contributed by atoms with Gasteiger partial charge >= 0.3 is 0 Å². The number of benzene rings is 1. The summed E-state index contributed by atoms with van der Waals surface area (Å²) in [5.74, 6) is 0. The lowest BCUT2D eigenvalue weighted by molar-refractivity contribution is 0.592. The predicted octanol–water partition coefficient (Wildman–Crippen LogP) is -0.447. The summed E-state index contributed by atoms with van der Waals surface area (Å²) in [5.41, 5.74) is 11.8. The fraction of sp³-hybridized carbons (Fsp3) is 0.400. The third-order valence-corrected chi connectivity index (χ3v) is 3.38. The van der Waals surface area contributed by atoms with Gasteiger partial charge in [0.05, 0.1) is 4.90 Å². The zero-order chi connectivity index (χ0) is 12.2. The Labute approximate surface area is 95.7 Å². The van der Waals surface area contributed by atoms with Gasteiger partial charge in [-0.2, -0.15) is 0 Å². The Hall–Kier alpha value is -0.950. The molecule has 0 radical (unpaired) electrons. The molecule has 1 aromatic carbocycles. The van der Waals surface area contributed by atoms with E-state index in [-0.39, 0.29) is 10.9 Å². The highest BCUT2D eigenvalue weighted by Crippen LogP contribution is 2.15. The summed E-state index contributed by atoms with van der Waals surface area (Å²) in [5, 5.41) is 5.11. The third kappa shape index (κ3) is 3.57. The summed E-state index contributed by atoms with van der Waals surface area (Å²) in [4.78, 5) is 0.166. The van der Waals surface area contributed by atoms with Crippen molar-refractivity contribution in [1.82, 2.24) is 0 Å². The van der Waals surface area contributed by atoms with E-state index < -0.39 is 10.0 Å². The van der Waals surface area contributed by atoms with Crippen LogP contribution >= 0.6 is 0 Å². The van der Waals surface area contributed by atoms with E-state index in [1.807, 2.05) is 0 Å². The molecule has 1 unspecified atom stereocenters. The molecule has 0 aliphatic heterocycles. The molecule has 0 amide bonds. The van der Waals surface area contributed by atoms with Gasteiger partial charge < -0.3 is 11.5 Å². The lowest BCUT2D eigenvalue weighted by Crippen LogP contribution is -2.30. The average molecular weight is 243 g/mol. The first-order valence-corrected chi connectivity index (χ1v) is 6.56. The second kappa shape index (κ2) is 5.40. The van der Waals surface area contributed by atoms with E-state index >= 15 is 0 Å². The Morgan fingerprint density at radius 1 is 1.25 bits per heavy atom. The molecule has 0 bridgehead atoms. The standard InChI is InChI=1S/C10H17N3O2S/c11-7-9(12)6-5-8-3-1-2-4-10(8)16(13,14)15/h1-4,9H,5-7,11-12H2,(H2,13,14,15). The third-order valence-electron chi connectivity index (χ3n) is 2.37. The van der Waals surface area contributed by atoms with E-state index in [1.165, 1.54) is 6.07 Å². The van der Waals surface area contributed by atoms with E-state index in [2.05, 4.69) is 0 Å². The predicted molar refractivity (Wildman–Crippen MR) is 63.2 cm³/mol. The van der Waals surface area contributed by atoms with Crippen molar-refractivity contribution >= 4 is 10.0 Å². The van der Waals surface area contributed by atoms with Gasteiger partial charge in [-0.15, -0.1) is 0 Å². The van der Waals surface area contributed by atoms with E-state index in [4.69, 9.17) is 16.6 Å². The van der Waals surface area contributed by atoms with E-state index in [9.17, 15) is 8.42 Å². The van der Waals surface area contributed by atoms with Crippen molar-refractivity contribution < 1.29 is 8.42 Å². The van der Waals surface area contributed by atoms with Crippen LogP contribution in [0.4, 0.5) is 0 Å². The second-order valence-electron chi connectivity index (χ2n) is 3.69. The van der Waals surface area contributed by atoms with Crippen LogP contribution in [0, 0.1) is 0 Å². The molecule has 5 nitrogen and oxygen atoms in total. The molecule has 1 rings (SSSR count). The minimum Gasteiger partial charge on any atom is -0.329 e. The number of sulfonamides is 1. The van der Waals surface area contributed by atoms with Crippen LogP contribution < -0.4 is 16.6 Å². The van der Waals surface area contributed by atoms with Crippen LogP contribution in [-0.4, -0.2) is 21.0 Å². The van der Waals surface area contributed by atoms with Gasteiger partial charge in [0, 0.05) is 12.6 Å². The molecule has 0 fully saturated rings. The van der Waals surface area contributed by atoms with Gasteiger partial charge in [0.15, 0.2) is 0 Å². The molecule has 0 aliphatic rings. The highest BCUT2D eigenvalue weighted by molar-refractivity contribution is 7.89. The molecule has 0 aliphatic carbocycles. The SMILES string of the molecule is NCC(N)CCc1ccccc1S(N)(=O)=O. The van der Waals surface area contributed by atoms with E-state index in [0.717, 1.165) is 0 Å². The van der Waals surface area contributed by atoms with Crippen molar-refractivity contribution in [3.8, 4) is 0 Å². The van der Waals surface area contributed by atoms with Crippen molar-refractivity contribution in [2.24, 2.45) is 16.6 Å². The van der Waals surface area contributed by atoms with Gasteiger partial charge in [-0.1, -0.05) is 18.2 Å². The minimum atomic E-state index is -3.66. The lowest BCUT2D eigenvalue weighted by atomic mass is 10.1. The number of primary sulfonamides is 1. The summed E-state index contributed by atoms with van der Waals surface area (Å²) in [6, 6.07) is 6.54. The van der Waals surface area contributed by atoms with Gasteiger partial charge in [0.2, 0.25) is 10.0 Å². The van der Waals surface area contributed by atoms with Crippen molar-refractivity contribution in [1.29, 1.82) is 0 Å². The monoisotopic (exact) mass is 243 g/mol. The van der Waals surface area contributed by atoms with E-state index in [1.54, 1.807) is 18.2 Å². The molecule has 1 atom stereocenters. The fourth-order valence-electron chi connectivity index (χ4n) is 1.45. The van der Waals surface area contributed by atoms with Crippen molar-refractivity contribution in [2.75, 3.05) is 6.54 Å². The molecule has 0 heterocycles. The highest BCUT2D eigenvalue weighted by Gasteiger charge is 2.13. The molecule has 90 valence electrons. The van der Waals surface area contributed by atoms with Crippen LogP contribution in [0.25, 0.3) is 0 Å². The van der Waals surface area contributed by atoms with Gasteiger partial charge in [-0.3, -0.25) is 0 Å². The van der Waals surface area contributed by atoms with Crippen molar-refractivity contribution in [2.45, 2.75) is 23.8 Å². The number of rotatable bonds is 5. The van der Waals surface area contributed by atoms with Crippen LogP contribution in [0.1, 0.15) is 12.0 Å². The first kappa shape index (κ1) is 13.1. The topological polar surface area (TPSA) is 112 Å². The second-order valence-corrected chi connectivity index (χ2v) is 5.22. The van der Waals surface area contributed by atoms with Crippen molar-refractivity contribution in [3.05, 3.63) is 29.8 Å². The van der Waals surface area contributed by atoms with Crippen LogP contribution in [-0.2, 0) is 16.4 Å². The van der Waals surface area contributed by atoms with Gasteiger partial charge in [-0.25, -0.2) is 13.6 Å². The maximum atomic E-state index is 11.3. The number of hydrogen-bond acceptors (Lipinski definition) is 4. The molecule has 0 spiro atoms. The maximum absolute atomic E-state index is 11.3. The Balaban J connectivity index is 2.88. The largest absolute Gasteiger partial charge is 0.329 e. The molecule has 0 saturated carbocycles. The van der Waals surface area contributed by atoms with Gasteiger partial charge in [0.25, 0.3) is 0 Å². The smallest absolute Gasteiger partial charge is 0.238 e. The first-order valence-electron chi connectivity index (χ1n) is 5.01. The minimum absolute atomic E-state index is 0.117. The number of nitrogens with two attached hydrogens (primary N) is 3. The first-order chi connectivity index (χ1) is 7.45. The van der Waals surface area contributed by atoms with E-state index in [0.29, 0.717) is 24.9 Å². The highest BCUT2D eigenvalue weighted by atomic mass is 32.2. The van der Waals surface area contributed by atoms with Gasteiger partial charge in [-0.05, 0) is 24.5 Å². The average Bonchev–Trinajstić information content (AvgIpc) is 2.25. The zero-order valence-corrected chi connectivity index (χ0v) is 9.78. The van der Waals surface area contributed by atoms with Crippen LogP contribution in [0.5, 0.6) is 0 Å². The summed E-state index contributed by atoms with van der Waals surface area (Å²) in [7, 11) is -3.66. The molecule has 0 aromatic heterocycles. The zero-order valence-electron chi connectivity index (χ0n) is 8.96. The Kier molecular flexibility index (Phi) is 4.43. The quantitative estimate of drug-likeness (QED) is 0.650. The normalized spacial score (nSPS) is 13.7. The molecule has 0 saturated heterocycles. The molecule has 16 heavy (non-hydrogen) atoms. The maximum Gasteiger partial charge on any atom is 0.238 e. The molecular weight excluding hydrogens is 226 g/mol. The lowest BCUT2D eigenvalue weighted by Gasteiger charge is -2.10. The molecular formula is C10H17N3O2S.